The molecule has 156 valence electrons. The number of rotatable bonds is 4. The lowest BCUT2D eigenvalue weighted by atomic mass is 10.1. The molecule has 7 heteroatoms. The van der Waals surface area contributed by atoms with Gasteiger partial charge in [-0.3, -0.25) is 0 Å². The van der Waals surface area contributed by atoms with E-state index in [1.165, 1.54) is 11.6 Å². The second-order valence-corrected chi connectivity index (χ2v) is 7.62. The average molecular weight is 415 g/mol. The van der Waals surface area contributed by atoms with Gasteiger partial charge in [0.05, 0.1) is 11.3 Å². The first kappa shape index (κ1) is 19.2. The molecule has 1 saturated heterocycles. The molecule has 0 unspecified atom stereocenters. The molecule has 1 aliphatic rings. The fourth-order valence-electron chi connectivity index (χ4n) is 3.74. The Balaban J connectivity index is 1.26. The average Bonchev–Trinajstić information content (AvgIpc) is 3.31. The number of pyridine rings is 1. The summed E-state index contributed by atoms with van der Waals surface area (Å²) >= 11 is 0. The van der Waals surface area contributed by atoms with E-state index in [2.05, 4.69) is 24.9 Å². The maximum atomic E-state index is 14.0. The van der Waals surface area contributed by atoms with Gasteiger partial charge in [0.25, 0.3) is 5.89 Å². The molecule has 1 fully saturated rings. The number of piperazine rings is 1. The van der Waals surface area contributed by atoms with Gasteiger partial charge in [-0.15, -0.1) is 0 Å². The Bertz CT molecular complexity index is 1170. The minimum absolute atomic E-state index is 0.178. The molecule has 0 N–H and O–H groups in total. The summed E-state index contributed by atoms with van der Waals surface area (Å²) in [7, 11) is 0. The van der Waals surface area contributed by atoms with Crippen LogP contribution in [0.3, 0.4) is 0 Å². The van der Waals surface area contributed by atoms with E-state index in [-0.39, 0.29) is 5.82 Å². The van der Waals surface area contributed by atoms with E-state index in [1.807, 2.05) is 55.5 Å². The highest BCUT2D eigenvalue weighted by molar-refractivity contribution is 5.60. The fourth-order valence-corrected chi connectivity index (χ4v) is 3.74. The Hall–Kier alpha value is -3.74. The third-order valence-corrected chi connectivity index (χ3v) is 5.53. The summed E-state index contributed by atoms with van der Waals surface area (Å²) in [5.41, 5.74) is 3.53. The number of aryl methyl sites for hydroxylation is 1. The van der Waals surface area contributed by atoms with E-state index in [0.29, 0.717) is 17.4 Å². The number of hydrogen-bond donors (Lipinski definition) is 0. The predicted octanol–water partition coefficient (Wildman–Crippen LogP) is 4.57. The van der Waals surface area contributed by atoms with Crippen molar-refractivity contribution < 1.29 is 8.91 Å². The van der Waals surface area contributed by atoms with Crippen molar-refractivity contribution in [3.8, 4) is 22.8 Å². The third kappa shape index (κ3) is 3.99. The van der Waals surface area contributed by atoms with Crippen LogP contribution in [0.15, 0.2) is 71.4 Å². The number of halogens is 1. The van der Waals surface area contributed by atoms with Crippen molar-refractivity contribution in [1.29, 1.82) is 0 Å². The summed E-state index contributed by atoms with van der Waals surface area (Å²) in [5.74, 6) is 1.71. The van der Waals surface area contributed by atoms with Crippen molar-refractivity contribution in [1.82, 2.24) is 15.1 Å². The van der Waals surface area contributed by atoms with Gasteiger partial charge >= 0.3 is 0 Å². The molecular weight excluding hydrogens is 393 g/mol. The largest absolute Gasteiger partial charge is 0.366 e. The summed E-state index contributed by atoms with van der Waals surface area (Å²) in [4.78, 5) is 13.4. The molecule has 3 heterocycles. The zero-order valence-corrected chi connectivity index (χ0v) is 17.2. The number of aromatic nitrogens is 3. The van der Waals surface area contributed by atoms with Crippen molar-refractivity contribution in [2.24, 2.45) is 0 Å². The zero-order chi connectivity index (χ0) is 21.2. The van der Waals surface area contributed by atoms with Crippen LogP contribution in [0.2, 0.25) is 0 Å². The second-order valence-electron chi connectivity index (χ2n) is 7.62. The molecule has 0 radical (unpaired) electrons. The Morgan fingerprint density at radius 3 is 2.26 bits per heavy atom. The minimum atomic E-state index is -0.178. The van der Waals surface area contributed by atoms with Gasteiger partial charge in [0.1, 0.15) is 11.6 Å². The van der Waals surface area contributed by atoms with E-state index in [0.717, 1.165) is 43.1 Å². The van der Waals surface area contributed by atoms with Crippen molar-refractivity contribution >= 4 is 11.5 Å². The van der Waals surface area contributed by atoms with Crippen LogP contribution < -0.4 is 9.80 Å². The highest BCUT2D eigenvalue weighted by Crippen LogP contribution is 2.25. The van der Waals surface area contributed by atoms with Crippen molar-refractivity contribution in [2.45, 2.75) is 6.92 Å². The van der Waals surface area contributed by atoms with Crippen LogP contribution in [0.1, 0.15) is 5.56 Å². The predicted molar refractivity (Wildman–Crippen MR) is 119 cm³/mol. The molecule has 0 atom stereocenters. The standard InChI is InChI=1S/C24H22FN5O/c1-17-6-8-18(9-7-17)23-27-24(31-28-23)19-10-11-22(26-16-19)30-14-12-29(13-15-30)21-5-3-2-4-20(21)25/h2-11,16H,12-15H2,1H3. The molecule has 2 aromatic carbocycles. The monoisotopic (exact) mass is 415 g/mol. The van der Waals surface area contributed by atoms with Gasteiger partial charge in [-0.2, -0.15) is 4.98 Å². The van der Waals surface area contributed by atoms with Gasteiger partial charge in [-0.1, -0.05) is 47.1 Å². The first-order chi connectivity index (χ1) is 15.2. The molecule has 0 aliphatic carbocycles. The van der Waals surface area contributed by atoms with Crippen LogP contribution in [0, 0.1) is 12.7 Å². The molecule has 0 saturated carbocycles. The summed E-state index contributed by atoms with van der Waals surface area (Å²) in [5, 5.41) is 4.09. The van der Waals surface area contributed by atoms with Gasteiger partial charge in [-0.05, 0) is 31.2 Å². The van der Waals surface area contributed by atoms with E-state index in [1.54, 1.807) is 12.3 Å². The Morgan fingerprint density at radius 1 is 0.839 bits per heavy atom. The number of hydrogen-bond acceptors (Lipinski definition) is 6. The minimum Gasteiger partial charge on any atom is -0.366 e. The van der Waals surface area contributed by atoms with Crippen LogP contribution in [-0.2, 0) is 0 Å². The summed E-state index contributed by atoms with van der Waals surface area (Å²) in [6.45, 7) is 5.08. The lowest BCUT2D eigenvalue weighted by Crippen LogP contribution is -2.47. The molecular formula is C24H22FN5O. The second kappa shape index (κ2) is 8.18. The SMILES string of the molecule is Cc1ccc(-c2noc(-c3ccc(N4CCN(c5ccccc5F)CC4)nc3)n2)cc1. The number of anilines is 2. The van der Waals surface area contributed by atoms with Gasteiger partial charge in [0, 0.05) is 37.9 Å². The van der Waals surface area contributed by atoms with Crippen LogP contribution in [0.25, 0.3) is 22.8 Å². The van der Waals surface area contributed by atoms with Crippen molar-refractivity contribution in [3.63, 3.8) is 0 Å². The lowest BCUT2D eigenvalue weighted by Gasteiger charge is -2.36. The maximum absolute atomic E-state index is 14.0. The highest BCUT2D eigenvalue weighted by atomic mass is 19.1. The summed E-state index contributed by atoms with van der Waals surface area (Å²) < 4.78 is 19.5. The molecule has 5 rings (SSSR count). The molecule has 4 aromatic rings. The first-order valence-electron chi connectivity index (χ1n) is 10.3. The van der Waals surface area contributed by atoms with Gasteiger partial charge in [-0.25, -0.2) is 9.37 Å². The topological polar surface area (TPSA) is 58.3 Å². The highest BCUT2D eigenvalue weighted by Gasteiger charge is 2.20. The molecule has 0 spiro atoms. The van der Waals surface area contributed by atoms with Crippen LogP contribution >= 0.6 is 0 Å². The first-order valence-corrected chi connectivity index (χ1v) is 10.3. The van der Waals surface area contributed by atoms with Crippen LogP contribution in [0.4, 0.5) is 15.9 Å². The number of benzene rings is 2. The third-order valence-electron chi connectivity index (χ3n) is 5.53. The lowest BCUT2D eigenvalue weighted by molar-refractivity contribution is 0.432. The zero-order valence-electron chi connectivity index (χ0n) is 17.2. The van der Waals surface area contributed by atoms with Gasteiger partial charge in [0.15, 0.2) is 0 Å². The summed E-state index contributed by atoms with van der Waals surface area (Å²) in [6.07, 6.45) is 1.75. The summed E-state index contributed by atoms with van der Waals surface area (Å²) in [6, 6.07) is 18.8. The fraction of sp³-hybridized carbons (Fsp3) is 0.208. The quantitative estimate of drug-likeness (QED) is 0.487. The van der Waals surface area contributed by atoms with Crippen molar-refractivity contribution in [3.05, 3.63) is 78.2 Å². The smallest absolute Gasteiger partial charge is 0.259 e. The van der Waals surface area contributed by atoms with Gasteiger partial charge in [0.2, 0.25) is 5.82 Å². The van der Waals surface area contributed by atoms with E-state index < -0.39 is 0 Å². The molecule has 2 aromatic heterocycles. The Labute approximate surface area is 180 Å². The number of nitrogens with zero attached hydrogens (tertiary/aromatic N) is 5. The van der Waals surface area contributed by atoms with E-state index in [4.69, 9.17) is 4.52 Å². The molecule has 1 aliphatic heterocycles. The van der Waals surface area contributed by atoms with Crippen molar-refractivity contribution in [2.75, 3.05) is 36.0 Å². The molecule has 0 bridgehead atoms. The maximum Gasteiger partial charge on any atom is 0.259 e. The number of para-hydroxylation sites is 1. The molecule has 0 amide bonds. The normalized spacial score (nSPS) is 14.1. The molecule has 6 nitrogen and oxygen atoms in total. The van der Waals surface area contributed by atoms with Gasteiger partial charge < -0.3 is 14.3 Å². The van der Waals surface area contributed by atoms with Crippen LogP contribution in [-0.4, -0.2) is 41.3 Å². The van der Waals surface area contributed by atoms with Crippen LogP contribution in [0.5, 0.6) is 0 Å². The van der Waals surface area contributed by atoms with E-state index in [9.17, 15) is 4.39 Å². The Kier molecular flexibility index (Phi) is 5.08. The van der Waals surface area contributed by atoms with E-state index >= 15 is 0 Å². The Morgan fingerprint density at radius 2 is 1.55 bits per heavy atom. The molecule has 31 heavy (non-hydrogen) atoms.